The van der Waals surface area contributed by atoms with Gasteiger partial charge in [-0.1, -0.05) is 18.2 Å². The molecule has 2 aromatic rings. The Morgan fingerprint density at radius 2 is 1.96 bits per heavy atom. The van der Waals surface area contributed by atoms with E-state index >= 15 is 0 Å². The summed E-state index contributed by atoms with van der Waals surface area (Å²) in [5, 5.41) is 5.92. The van der Waals surface area contributed by atoms with Crippen molar-refractivity contribution in [3.8, 4) is 0 Å². The molecule has 3 rings (SSSR count). The van der Waals surface area contributed by atoms with Gasteiger partial charge in [0.1, 0.15) is 0 Å². The average Bonchev–Trinajstić information content (AvgIpc) is 3.00. The van der Waals surface area contributed by atoms with E-state index in [9.17, 15) is 13.2 Å². The number of hydrogen-bond donors (Lipinski definition) is 1. The van der Waals surface area contributed by atoms with E-state index in [4.69, 9.17) is 0 Å². The van der Waals surface area contributed by atoms with Gasteiger partial charge in [0, 0.05) is 31.4 Å². The topological polar surface area (TPSA) is 91.7 Å². The van der Waals surface area contributed by atoms with Gasteiger partial charge in [0.15, 0.2) is 0 Å². The lowest BCUT2D eigenvalue weighted by Crippen LogP contribution is -2.24. The van der Waals surface area contributed by atoms with Crippen LogP contribution in [0, 0.1) is 0 Å². The molecule has 0 spiro atoms. The summed E-state index contributed by atoms with van der Waals surface area (Å²) in [6.45, 7) is 1.48. The van der Waals surface area contributed by atoms with Crippen LogP contribution in [0.25, 0.3) is 0 Å². The first-order chi connectivity index (χ1) is 11.8. The van der Waals surface area contributed by atoms with E-state index in [2.05, 4.69) is 14.8 Å². The van der Waals surface area contributed by atoms with Crippen molar-refractivity contribution in [3.63, 3.8) is 0 Å². The standard InChI is InChI=1S/C17H18N4O3S/c1-12(22)21-17(14-4-3-9-18-11-14)10-16(19-21)13-5-7-15(8-6-13)20-25(2,23)24/h3-9,11,17,20H,10H2,1-2H3/t17-/m1/s1. The van der Waals surface area contributed by atoms with Gasteiger partial charge in [-0.15, -0.1) is 0 Å². The maximum Gasteiger partial charge on any atom is 0.240 e. The third-order valence-corrected chi connectivity index (χ3v) is 4.43. The van der Waals surface area contributed by atoms with Crippen molar-refractivity contribution in [2.75, 3.05) is 11.0 Å². The zero-order valence-electron chi connectivity index (χ0n) is 13.9. The van der Waals surface area contributed by atoms with Gasteiger partial charge in [-0.2, -0.15) is 5.10 Å². The molecular weight excluding hydrogens is 340 g/mol. The first-order valence-corrected chi connectivity index (χ1v) is 9.58. The molecule has 1 N–H and O–H groups in total. The molecule has 1 atom stereocenters. The van der Waals surface area contributed by atoms with E-state index in [1.165, 1.54) is 11.9 Å². The van der Waals surface area contributed by atoms with Crippen molar-refractivity contribution >= 4 is 27.3 Å². The molecule has 0 bridgehead atoms. The molecule has 2 heterocycles. The lowest BCUT2D eigenvalue weighted by molar-refractivity contribution is -0.130. The van der Waals surface area contributed by atoms with Crippen molar-refractivity contribution in [2.24, 2.45) is 5.10 Å². The Balaban J connectivity index is 1.85. The first kappa shape index (κ1) is 17.1. The molecule has 0 aliphatic carbocycles. The van der Waals surface area contributed by atoms with Crippen molar-refractivity contribution < 1.29 is 13.2 Å². The monoisotopic (exact) mass is 358 g/mol. The Labute approximate surface area is 146 Å². The fraction of sp³-hybridized carbons (Fsp3) is 0.235. The minimum atomic E-state index is -3.31. The lowest BCUT2D eigenvalue weighted by atomic mass is 9.99. The van der Waals surface area contributed by atoms with Gasteiger partial charge in [0.25, 0.3) is 0 Å². The number of aromatic nitrogens is 1. The number of nitrogens with zero attached hydrogens (tertiary/aromatic N) is 3. The van der Waals surface area contributed by atoms with E-state index < -0.39 is 10.0 Å². The number of hydrogen-bond acceptors (Lipinski definition) is 5. The molecule has 1 aliphatic heterocycles. The summed E-state index contributed by atoms with van der Waals surface area (Å²) >= 11 is 0. The van der Waals surface area contributed by atoms with E-state index in [1.54, 1.807) is 36.7 Å². The largest absolute Gasteiger partial charge is 0.284 e. The van der Waals surface area contributed by atoms with Gasteiger partial charge in [0.05, 0.1) is 18.0 Å². The van der Waals surface area contributed by atoms with Crippen LogP contribution >= 0.6 is 0 Å². The summed E-state index contributed by atoms with van der Waals surface area (Å²) in [7, 11) is -3.31. The van der Waals surface area contributed by atoms with Crippen LogP contribution in [0.15, 0.2) is 53.9 Å². The van der Waals surface area contributed by atoms with Crippen LogP contribution in [0.2, 0.25) is 0 Å². The Hall–Kier alpha value is -2.74. The van der Waals surface area contributed by atoms with Gasteiger partial charge >= 0.3 is 0 Å². The lowest BCUT2D eigenvalue weighted by Gasteiger charge is -2.19. The van der Waals surface area contributed by atoms with E-state index in [0.717, 1.165) is 23.1 Å². The first-order valence-electron chi connectivity index (χ1n) is 7.69. The fourth-order valence-corrected chi connectivity index (χ4v) is 3.32. The molecule has 7 nitrogen and oxygen atoms in total. The van der Waals surface area contributed by atoms with Crippen LogP contribution in [0.5, 0.6) is 0 Å². The quantitative estimate of drug-likeness (QED) is 0.906. The number of carbonyl (C=O) groups excluding carboxylic acids is 1. The number of anilines is 1. The van der Waals surface area contributed by atoms with Crippen LogP contribution in [0.3, 0.4) is 0 Å². The predicted molar refractivity (Wildman–Crippen MR) is 95.6 cm³/mol. The van der Waals surface area contributed by atoms with E-state index in [1.807, 2.05) is 12.1 Å². The highest BCUT2D eigenvalue weighted by Gasteiger charge is 2.31. The number of pyridine rings is 1. The highest BCUT2D eigenvalue weighted by atomic mass is 32.2. The van der Waals surface area contributed by atoms with Gasteiger partial charge < -0.3 is 0 Å². The number of benzene rings is 1. The van der Waals surface area contributed by atoms with Crippen molar-refractivity contribution in [3.05, 3.63) is 59.9 Å². The molecule has 1 amide bonds. The molecule has 25 heavy (non-hydrogen) atoms. The Morgan fingerprint density at radius 1 is 1.24 bits per heavy atom. The number of amides is 1. The number of carbonyl (C=O) groups is 1. The zero-order chi connectivity index (χ0) is 18.0. The average molecular weight is 358 g/mol. The number of hydrazone groups is 1. The Bertz CT molecular complexity index is 909. The molecule has 1 aliphatic rings. The SMILES string of the molecule is CC(=O)N1N=C(c2ccc(NS(C)(=O)=O)cc2)C[C@@H]1c1cccnc1. The predicted octanol–water partition coefficient (Wildman–Crippen LogP) is 2.15. The summed E-state index contributed by atoms with van der Waals surface area (Å²) in [6, 6.07) is 10.5. The summed E-state index contributed by atoms with van der Waals surface area (Å²) in [6.07, 6.45) is 5.10. The Morgan fingerprint density at radius 3 is 2.52 bits per heavy atom. The third kappa shape index (κ3) is 4.03. The van der Waals surface area contributed by atoms with E-state index in [-0.39, 0.29) is 11.9 Å². The summed E-state index contributed by atoms with van der Waals surface area (Å²) in [5.41, 5.74) is 3.02. The number of sulfonamides is 1. The molecule has 0 fully saturated rings. The summed E-state index contributed by atoms with van der Waals surface area (Å²) < 4.78 is 25.0. The number of nitrogens with one attached hydrogen (secondary N) is 1. The molecule has 0 saturated heterocycles. The summed E-state index contributed by atoms with van der Waals surface area (Å²) in [4.78, 5) is 16.1. The van der Waals surface area contributed by atoms with Gasteiger partial charge in [0.2, 0.25) is 15.9 Å². The Kier molecular flexibility index (Phi) is 4.54. The molecule has 130 valence electrons. The second-order valence-corrected chi connectivity index (χ2v) is 7.62. The van der Waals surface area contributed by atoms with Crippen LogP contribution in [-0.2, 0) is 14.8 Å². The number of rotatable bonds is 4. The highest BCUT2D eigenvalue weighted by Crippen LogP contribution is 2.32. The van der Waals surface area contributed by atoms with Crippen molar-refractivity contribution in [1.82, 2.24) is 9.99 Å². The van der Waals surface area contributed by atoms with Gasteiger partial charge in [-0.05, 0) is 29.3 Å². The normalized spacial score (nSPS) is 17.3. The maximum absolute atomic E-state index is 11.9. The van der Waals surface area contributed by atoms with Crippen LogP contribution < -0.4 is 4.72 Å². The van der Waals surface area contributed by atoms with Crippen LogP contribution in [0.1, 0.15) is 30.5 Å². The molecule has 1 aromatic carbocycles. The molecular formula is C17H18N4O3S. The zero-order valence-corrected chi connectivity index (χ0v) is 14.7. The van der Waals surface area contributed by atoms with Crippen molar-refractivity contribution in [2.45, 2.75) is 19.4 Å². The minimum absolute atomic E-state index is 0.140. The highest BCUT2D eigenvalue weighted by molar-refractivity contribution is 7.92. The second kappa shape index (κ2) is 6.64. The van der Waals surface area contributed by atoms with Crippen LogP contribution in [0.4, 0.5) is 5.69 Å². The van der Waals surface area contributed by atoms with Gasteiger partial charge in [-0.25, -0.2) is 13.4 Å². The van der Waals surface area contributed by atoms with E-state index in [0.29, 0.717) is 12.1 Å². The van der Waals surface area contributed by atoms with Crippen molar-refractivity contribution in [1.29, 1.82) is 0 Å². The van der Waals surface area contributed by atoms with Gasteiger partial charge in [-0.3, -0.25) is 14.5 Å². The maximum atomic E-state index is 11.9. The second-order valence-electron chi connectivity index (χ2n) is 5.87. The molecule has 0 saturated carbocycles. The molecule has 0 unspecified atom stereocenters. The third-order valence-electron chi connectivity index (χ3n) is 3.82. The molecule has 0 radical (unpaired) electrons. The fourth-order valence-electron chi connectivity index (χ4n) is 2.75. The minimum Gasteiger partial charge on any atom is -0.284 e. The summed E-state index contributed by atoms with van der Waals surface area (Å²) in [5.74, 6) is -0.140. The van der Waals surface area contributed by atoms with Crippen LogP contribution in [-0.4, -0.2) is 36.3 Å². The smallest absolute Gasteiger partial charge is 0.240 e. The molecule has 1 aromatic heterocycles. The molecule has 8 heteroatoms.